The molecule has 4 aromatic heterocycles. The zero-order valence-electron chi connectivity index (χ0n) is 38.9. The maximum absolute atomic E-state index is 12.0. The van der Waals surface area contributed by atoms with Gasteiger partial charge in [0.15, 0.2) is 11.6 Å². The summed E-state index contributed by atoms with van der Waals surface area (Å²) in [5.74, 6) is 0.441. The summed E-state index contributed by atoms with van der Waals surface area (Å²) >= 11 is 0. The first-order chi connectivity index (χ1) is 34.4. The fourth-order valence-corrected chi connectivity index (χ4v) is 10.2. The highest BCUT2D eigenvalue weighted by molar-refractivity contribution is 6.85. The van der Waals surface area contributed by atoms with Gasteiger partial charge in [0.1, 0.15) is 11.6 Å². The van der Waals surface area contributed by atoms with Crippen LogP contribution in [0.15, 0.2) is 207 Å². The highest BCUT2D eigenvalue weighted by Crippen LogP contribution is 2.36. The molecular formula is C60H44B2N8. The van der Waals surface area contributed by atoms with Gasteiger partial charge in [-0.3, -0.25) is 0 Å². The molecule has 10 heteroatoms. The molecule has 8 nitrogen and oxygen atoms in total. The van der Waals surface area contributed by atoms with Crippen molar-refractivity contribution < 1.29 is 0 Å². The molecule has 0 amide bonds. The number of benzene rings is 7. The minimum absolute atomic E-state index is 0.167. The average Bonchev–Trinajstić information content (AvgIpc) is 3.90. The Balaban J connectivity index is 1.50. The monoisotopic (exact) mass is 898 g/mol. The summed E-state index contributed by atoms with van der Waals surface area (Å²) < 4.78 is 4.70. The Kier molecular flexibility index (Phi) is 11.5. The Morgan fingerprint density at radius 3 is 1.47 bits per heavy atom. The third kappa shape index (κ3) is 7.53. The minimum Gasteiger partial charge on any atom is -0.384 e. The molecule has 0 aliphatic rings. The number of aromatic nitrogens is 6. The molecule has 0 aliphatic carbocycles. The predicted octanol–water partition coefficient (Wildman–Crippen LogP) is 8.53. The van der Waals surface area contributed by atoms with Crippen molar-refractivity contribution in [2.45, 2.75) is 26.7 Å². The van der Waals surface area contributed by atoms with Crippen molar-refractivity contribution in [1.29, 1.82) is 5.26 Å². The van der Waals surface area contributed by atoms with Crippen molar-refractivity contribution in [1.82, 2.24) is 28.9 Å². The summed E-state index contributed by atoms with van der Waals surface area (Å²) in [6.45, 7) is 15.0. The third-order valence-corrected chi connectivity index (χ3v) is 13.2. The first kappa shape index (κ1) is 43.5. The number of rotatable bonds is 10. The van der Waals surface area contributed by atoms with E-state index >= 15 is 0 Å². The first-order valence-electron chi connectivity index (χ1n) is 23.5. The summed E-state index contributed by atoms with van der Waals surface area (Å²) in [7, 11) is 0. The molecule has 0 bridgehead atoms. The van der Waals surface area contributed by atoms with Crippen molar-refractivity contribution in [2.75, 3.05) is 0 Å². The van der Waals surface area contributed by atoms with Gasteiger partial charge in [0, 0.05) is 56.2 Å². The van der Waals surface area contributed by atoms with E-state index in [0.717, 1.165) is 76.9 Å². The van der Waals surface area contributed by atoms with Gasteiger partial charge >= 0.3 is 13.7 Å². The second-order valence-electron chi connectivity index (χ2n) is 17.8. The molecule has 0 saturated carbocycles. The molecule has 330 valence electrons. The molecule has 11 aromatic rings. The molecule has 0 spiro atoms. The van der Waals surface area contributed by atoms with Gasteiger partial charge in [0.05, 0.1) is 23.0 Å². The molecule has 0 radical (unpaired) electrons. The Bertz CT molecular complexity index is 3790. The normalized spacial score (nSPS) is 12.2. The third-order valence-electron chi connectivity index (χ3n) is 13.2. The van der Waals surface area contributed by atoms with E-state index in [1.165, 1.54) is 0 Å². The van der Waals surface area contributed by atoms with Crippen LogP contribution in [0.1, 0.15) is 42.7 Å². The van der Waals surface area contributed by atoms with Gasteiger partial charge < -0.3 is 8.96 Å². The maximum atomic E-state index is 12.0. The summed E-state index contributed by atoms with van der Waals surface area (Å²) in [6, 6.07) is 68.7. The molecule has 0 fully saturated rings. The van der Waals surface area contributed by atoms with Gasteiger partial charge in [0.25, 0.3) is 5.70 Å². The molecule has 0 saturated heterocycles. The molecule has 7 aromatic carbocycles. The predicted molar refractivity (Wildman–Crippen MR) is 286 cm³/mol. The van der Waals surface area contributed by atoms with E-state index in [1.807, 2.05) is 72.8 Å². The van der Waals surface area contributed by atoms with Crippen molar-refractivity contribution >= 4 is 79.4 Å². The number of nitriles is 1. The molecule has 70 heavy (non-hydrogen) atoms. The zero-order valence-corrected chi connectivity index (χ0v) is 38.9. The summed E-state index contributed by atoms with van der Waals surface area (Å²) in [5, 5.41) is 16.7. The number of fused-ring (bicyclic) bond motifs is 3. The lowest BCUT2D eigenvalue weighted by molar-refractivity contribution is 0.809. The van der Waals surface area contributed by atoms with Crippen LogP contribution >= 0.6 is 0 Å². The fraction of sp³-hybridized carbons (Fsp3) is 0.0667. The zero-order chi connectivity index (χ0) is 47.7. The van der Waals surface area contributed by atoms with Crippen LogP contribution in [-0.2, 0) is 0 Å². The second-order valence-corrected chi connectivity index (χ2v) is 17.8. The highest BCUT2D eigenvalue weighted by Gasteiger charge is 2.37. The lowest BCUT2D eigenvalue weighted by atomic mass is 9.50. The van der Waals surface area contributed by atoms with E-state index in [2.05, 4.69) is 162 Å². The Morgan fingerprint density at radius 1 is 0.543 bits per heavy atom. The maximum Gasteiger partial charge on any atom is 0.327 e. The van der Waals surface area contributed by atoms with Crippen LogP contribution in [-0.4, -0.2) is 42.6 Å². The molecule has 4 heterocycles. The van der Waals surface area contributed by atoms with Gasteiger partial charge in [-0.05, 0) is 30.5 Å². The van der Waals surface area contributed by atoms with Crippen LogP contribution in [0.2, 0.25) is 0 Å². The van der Waals surface area contributed by atoms with E-state index in [-0.39, 0.29) is 11.6 Å². The van der Waals surface area contributed by atoms with Crippen LogP contribution in [0.25, 0.3) is 60.0 Å². The average molecular weight is 899 g/mol. The van der Waals surface area contributed by atoms with Crippen molar-refractivity contribution in [3.05, 3.63) is 252 Å². The van der Waals surface area contributed by atoms with E-state index in [9.17, 15) is 11.8 Å². The van der Waals surface area contributed by atoms with Crippen LogP contribution in [0.5, 0.6) is 0 Å². The number of hydrogen-bond donors (Lipinski definition) is 0. The van der Waals surface area contributed by atoms with Crippen molar-refractivity contribution in [3.63, 3.8) is 0 Å². The summed E-state index contributed by atoms with van der Waals surface area (Å²) in [5.41, 5.74) is 9.87. The lowest BCUT2D eigenvalue weighted by Gasteiger charge is -2.25. The van der Waals surface area contributed by atoms with E-state index in [0.29, 0.717) is 27.9 Å². The van der Waals surface area contributed by atoms with Gasteiger partial charge in [-0.2, -0.15) is 5.26 Å². The summed E-state index contributed by atoms with van der Waals surface area (Å²) in [6.07, 6.45) is 3.61. The Hall–Kier alpha value is -9.11. The lowest BCUT2D eigenvalue weighted by Crippen LogP contribution is -2.54. The van der Waals surface area contributed by atoms with Gasteiger partial charge in [-0.15, -0.1) is 0 Å². The van der Waals surface area contributed by atoms with Crippen LogP contribution in [0.3, 0.4) is 0 Å². The molecule has 0 atom stereocenters. The molecule has 0 aliphatic heterocycles. The highest BCUT2D eigenvalue weighted by atomic mass is 15.0. The number of para-hydroxylation sites is 2. The minimum atomic E-state index is -0.473. The number of aryl methyl sites for hydroxylation is 1. The van der Waals surface area contributed by atoms with Gasteiger partial charge in [0.2, 0.25) is 0 Å². The van der Waals surface area contributed by atoms with Crippen molar-refractivity contribution in [2.24, 2.45) is 0 Å². The topological polar surface area (TPSA) is 89.6 Å². The SMILES string of the molecule is [C-]#[N+]/C(c1ncc2ccccc2n1)=c1\c2c(C(C)C)n(B(c3ccccc3)c3ccccc3)/c(=C(/C#N)c3ncc4ccccc4n3)c2c(-c2ccccc2C)n1B(c1ccccc1)c1ccccc1. The summed E-state index contributed by atoms with van der Waals surface area (Å²) in [4.78, 5) is 24.9. The largest absolute Gasteiger partial charge is 0.384 e. The Labute approximate surface area is 407 Å². The second kappa shape index (κ2) is 18.5. The smallest absolute Gasteiger partial charge is 0.327 e. The molecular weight excluding hydrogens is 854 g/mol. The molecule has 11 rings (SSSR count). The number of hydrogen-bond acceptors (Lipinski definition) is 5. The van der Waals surface area contributed by atoms with E-state index < -0.39 is 13.7 Å². The van der Waals surface area contributed by atoms with Gasteiger partial charge in [-0.1, -0.05) is 218 Å². The van der Waals surface area contributed by atoms with E-state index in [1.54, 1.807) is 12.4 Å². The molecule has 0 unspecified atom stereocenters. The molecule has 0 N–H and O–H groups in total. The van der Waals surface area contributed by atoms with Crippen LogP contribution in [0, 0.1) is 24.8 Å². The van der Waals surface area contributed by atoms with E-state index in [4.69, 9.17) is 19.9 Å². The fourth-order valence-electron chi connectivity index (χ4n) is 10.2. The quantitative estimate of drug-likeness (QED) is 0.102. The van der Waals surface area contributed by atoms with Crippen LogP contribution in [0.4, 0.5) is 0 Å². The standard InChI is InChI=1S/C60H44B2N8/c1-40(2)55-52-53(57(49(37-63)59-65-38-42-24-18-21-35-50(42)67-59)69(55)61(44-26-9-5-10-27-44)45-28-11-6-12-29-45)56(48-34-20-17-23-41(48)3)70(62(46-30-13-7-14-31-46)47-32-15-8-16-33-47)58(52)54(64-4)60-66-39-43-25-19-22-36-51(43)68-60/h5-36,38-40H,1-3H3/b57-49-,58-54+. The van der Waals surface area contributed by atoms with Gasteiger partial charge in [-0.25, -0.2) is 24.8 Å². The van der Waals surface area contributed by atoms with Crippen molar-refractivity contribution in [3.8, 4) is 17.3 Å². The number of nitrogens with zero attached hydrogens (tertiary/aromatic N) is 8. The Morgan fingerprint density at radius 2 is 0.986 bits per heavy atom. The first-order valence-corrected chi connectivity index (χ1v) is 23.5. The van der Waals surface area contributed by atoms with Crippen LogP contribution < -0.4 is 32.5 Å².